The number of benzene rings is 2. The van der Waals surface area contributed by atoms with Crippen molar-refractivity contribution >= 4 is 55.0 Å². The van der Waals surface area contributed by atoms with Gasteiger partial charge in [0.15, 0.2) is 0 Å². The SMILES string of the molecule is O=C1C(C(=O)N2CCc3cc(Br)ccc32)CCN1c1ccccc1Br. The van der Waals surface area contributed by atoms with Crippen LogP contribution in [0.5, 0.6) is 0 Å². The number of halogens is 2. The fourth-order valence-electron chi connectivity index (χ4n) is 3.61. The number of rotatable bonds is 2. The Hall–Kier alpha value is -1.66. The summed E-state index contributed by atoms with van der Waals surface area (Å²) in [5.74, 6) is -0.787. The number of para-hydroxylation sites is 1. The van der Waals surface area contributed by atoms with Crippen LogP contribution in [0.15, 0.2) is 51.4 Å². The van der Waals surface area contributed by atoms with Crippen LogP contribution >= 0.6 is 31.9 Å². The highest BCUT2D eigenvalue weighted by atomic mass is 79.9. The van der Waals surface area contributed by atoms with Gasteiger partial charge in [-0.3, -0.25) is 9.59 Å². The maximum atomic E-state index is 13.0. The van der Waals surface area contributed by atoms with E-state index < -0.39 is 5.92 Å². The molecular formula is C19H16Br2N2O2. The van der Waals surface area contributed by atoms with E-state index in [9.17, 15) is 9.59 Å². The average molecular weight is 464 g/mol. The summed E-state index contributed by atoms with van der Waals surface area (Å²) in [4.78, 5) is 29.4. The minimum Gasteiger partial charge on any atom is -0.311 e. The van der Waals surface area contributed by atoms with Crippen molar-refractivity contribution in [3.63, 3.8) is 0 Å². The smallest absolute Gasteiger partial charge is 0.239 e. The molecule has 0 aliphatic carbocycles. The van der Waals surface area contributed by atoms with Gasteiger partial charge in [-0.1, -0.05) is 28.1 Å². The van der Waals surface area contributed by atoms with Crippen molar-refractivity contribution in [3.05, 3.63) is 57.0 Å². The molecule has 2 amide bonds. The predicted molar refractivity (Wildman–Crippen MR) is 105 cm³/mol. The monoisotopic (exact) mass is 462 g/mol. The van der Waals surface area contributed by atoms with Crippen molar-refractivity contribution in [1.29, 1.82) is 0 Å². The summed E-state index contributed by atoms with van der Waals surface area (Å²) in [6.45, 7) is 1.21. The zero-order valence-electron chi connectivity index (χ0n) is 13.4. The van der Waals surface area contributed by atoms with Crippen LogP contribution in [0.25, 0.3) is 0 Å². The van der Waals surface area contributed by atoms with Crippen LogP contribution in [-0.2, 0) is 16.0 Å². The molecule has 4 nitrogen and oxygen atoms in total. The second kappa shape index (κ2) is 6.57. The van der Waals surface area contributed by atoms with Crippen LogP contribution < -0.4 is 9.80 Å². The maximum Gasteiger partial charge on any atom is 0.239 e. The Kier molecular flexibility index (Phi) is 4.41. The van der Waals surface area contributed by atoms with Crippen molar-refractivity contribution in [1.82, 2.24) is 0 Å². The Morgan fingerprint density at radius 3 is 2.64 bits per heavy atom. The Morgan fingerprint density at radius 1 is 1.04 bits per heavy atom. The zero-order valence-corrected chi connectivity index (χ0v) is 16.6. The van der Waals surface area contributed by atoms with Gasteiger partial charge in [0.05, 0.1) is 5.69 Å². The lowest BCUT2D eigenvalue weighted by Crippen LogP contribution is -2.39. The molecule has 0 radical (unpaired) electrons. The molecule has 1 atom stereocenters. The third-order valence-electron chi connectivity index (χ3n) is 4.85. The van der Waals surface area contributed by atoms with E-state index in [4.69, 9.17) is 0 Å². The fourth-order valence-corrected chi connectivity index (χ4v) is 4.51. The number of carbonyl (C=O) groups is 2. The molecule has 6 heteroatoms. The van der Waals surface area contributed by atoms with E-state index in [0.29, 0.717) is 19.5 Å². The van der Waals surface area contributed by atoms with E-state index in [1.807, 2.05) is 42.5 Å². The van der Waals surface area contributed by atoms with Crippen LogP contribution in [0.3, 0.4) is 0 Å². The molecule has 128 valence electrons. The van der Waals surface area contributed by atoms with Gasteiger partial charge in [0, 0.05) is 27.7 Å². The van der Waals surface area contributed by atoms with E-state index in [1.165, 1.54) is 0 Å². The van der Waals surface area contributed by atoms with E-state index in [-0.39, 0.29) is 11.8 Å². The molecule has 25 heavy (non-hydrogen) atoms. The van der Waals surface area contributed by atoms with Crippen molar-refractivity contribution in [3.8, 4) is 0 Å². The van der Waals surface area contributed by atoms with Crippen molar-refractivity contribution in [2.45, 2.75) is 12.8 Å². The number of fused-ring (bicyclic) bond motifs is 1. The first-order valence-electron chi connectivity index (χ1n) is 8.22. The van der Waals surface area contributed by atoms with E-state index in [1.54, 1.807) is 9.80 Å². The van der Waals surface area contributed by atoms with E-state index in [0.717, 1.165) is 32.3 Å². The van der Waals surface area contributed by atoms with Crippen molar-refractivity contribution in [2.24, 2.45) is 5.92 Å². The molecule has 0 spiro atoms. The molecule has 1 saturated heterocycles. The van der Waals surface area contributed by atoms with Crippen molar-refractivity contribution < 1.29 is 9.59 Å². The first-order chi connectivity index (χ1) is 12.1. The largest absolute Gasteiger partial charge is 0.311 e. The van der Waals surface area contributed by atoms with Gasteiger partial charge in [-0.25, -0.2) is 0 Å². The molecule has 0 N–H and O–H groups in total. The predicted octanol–water partition coefficient (Wildman–Crippen LogP) is 4.15. The Labute approximate surface area is 163 Å². The fraction of sp³-hybridized carbons (Fsp3) is 0.263. The van der Waals surface area contributed by atoms with Crippen molar-refractivity contribution in [2.75, 3.05) is 22.9 Å². The lowest BCUT2D eigenvalue weighted by Gasteiger charge is -2.22. The average Bonchev–Trinajstić information content (AvgIpc) is 3.18. The van der Waals surface area contributed by atoms with Crippen LogP contribution in [0.4, 0.5) is 11.4 Å². The Balaban J connectivity index is 1.57. The number of hydrogen-bond donors (Lipinski definition) is 0. The summed E-state index contributed by atoms with van der Waals surface area (Å²) in [5.41, 5.74) is 2.91. The van der Waals surface area contributed by atoms with Gasteiger partial charge >= 0.3 is 0 Å². The first-order valence-corrected chi connectivity index (χ1v) is 9.80. The molecular weight excluding hydrogens is 448 g/mol. The summed E-state index contributed by atoms with van der Waals surface area (Å²) >= 11 is 6.96. The third-order valence-corrected chi connectivity index (χ3v) is 6.01. The van der Waals surface area contributed by atoms with Gasteiger partial charge in [-0.2, -0.15) is 0 Å². The molecule has 2 aliphatic rings. The zero-order chi connectivity index (χ0) is 17.6. The number of amides is 2. The molecule has 2 aromatic carbocycles. The molecule has 0 aromatic heterocycles. The summed E-state index contributed by atoms with van der Waals surface area (Å²) < 4.78 is 1.88. The second-order valence-corrected chi connectivity index (χ2v) is 8.07. The highest BCUT2D eigenvalue weighted by molar-refractivity contribution is 9.10. The Morgan fingerprint density at radius 2 is 1.84 bits per heavy atom. The summed E-state index contributed by atoms with van der Waals surface area (Å²) in [6.07, 6.45) is 1.39. The number of carbonyl (C=O) groups excluding carboxylic acids is 2. The van der Waals surface area contributed by atoms with Crippen LogP contribution in [0.2, 0.25) is 0 Å². The summed E-state index contributed by atoms with van der Waals surface area (Å²) in [5, 5.41) is 0. The molecule has 0 bridgehead atoms. The third kappa shape index (κ3) is 2.91. The molecule has 2 aromatic rings. The molecule has 1 fully saturated rings. The number of nitrogens with zero attached hydrogens (tertiary/aromatic N) is 2. The topological polar surface area (TPSA) is 40.6 Å². The van der Waals surface area contributed by atoms with Gasteiger partial charge in [0.2, 0.25) is 11.8 Å². The van der Waals surface area contributed by atoms with Gasteiger partial charge in [-0.05, 0) is 64.7 Å². The molecule has 2 aliphatic heterocycles. The normalized spacial score (nSPS) is 19.4. The summed E-state index contributed by atoms with van der Waals surface area (Å²) in [6, 6.07) is 13.6. The van der Waals surface area contributed by atoms with E-state index >= 15 is 0 Å². The minimum atomic E-state index is -0.596. The number of hydrogen-bond acceptors (Lipinski definition) is 2. The van der Waals surface area contributed by atoms with Crippen LogP contribution in [0.1, 0.15) is 12.0 Å². The van der Waals surface area contributed by atoms with Crippen LogP contribution in [-0.4, -0.2) is 24.9 Å². The molecule has 1 unspecified atom stereocenters. The van der Waals surface area contributed by atoms with Gasteiger partial charge < -0.3 is 9.80 Å². The molecule has 0 saturated carbocycles. The quantitative estimate of drug-likeness (QED) is 0.627. The van der Waals surface area contributed by atoms with Crippen LogP contribution in [0, 0.1) is 5.92 Å². The highest BCUT2D eigenvalue weighted by Crippen LogP contribution is 2.35. The standard InChI is InChI=1S/C19H16Br2N2O2/c20-13-5-6-16-12(11-13)7-9-22(16)18(24)14-8-10-23(19(14)25)17-4-2-1-3-15(17)21/h1-6,11,14H,7-10H2. The Bertz CT molecular complexity index is 868. The molecule has 2 heterocycles. The van der Waals surface area contributed by atoms with Gasteiger partial charge in [0.1, 0.15) is 5.92 Å². The van der Waals surface area contributed by atoms with E-state index in [2.05, 4.69) is 31.9 Å². The summed E-state index contributed by atoms with van der Waals surface area (Å²) in [7, 11) is 0. The minimum absolute atomic E-state index is 0.0828. The first kappa shape index (κ1) is 16.8. The molecule has 4 rings (SSSR count). The van der Waals surface area contributed by atoms with Gasteiger partial charge in [-0.15, -0.1) is 0 Å². The number of anilines is 2. The lowest BCUT2D eigenvalue weighted by molar-refractivity contribution is -0.130. The lowest BCUT2D eigenvalue weighted by atomic mass is 10.1. The highest BCUT2D eigenvalue weighted by Gasteiger charge is 2.41. The maximum absolute atomic E-state index is 13.0. The second-order valence-electron chi connectivity index (χ2n) is 6.30. The van der Waals surface area contributed by atoms with Gasteiger partial charge in [0.25, 0.3) is 0 Å².